The van der Waals surface area contributed by atoms with Crippen LogP contribution in [-0.4, -0.2) is 42.5 Å². The highest BCUT2D eigenvalue weighted by atomic mass is 16.5. The molecule has 2 heterocycles. The first-order valence-electron chi connectivity index (χ1n) is 11.6. The third kappa shape index (κ3) is 2.93. The number of anilines is 1. The normalized spacial score (nSPS) is 19.8. The summed E-state index contributed by atoms with van der Waals surface area (Å²) < 4.78 is 6.01. The fourth-order valence-electron chi connectivity index (χ4n) is 5.59. The van der Waals surface area contributed by atoms with Crippen molar-refractivity contribution in [2.45, 2.75) is 39.0 Å². The minimum atomic E-state index is -0.167. The molecular formula is C28H26N2O3. The van der Waals surface area contributed by atoms with Crippen molar-refractivity contribution in [3.05, 3.63) is 81.4 Å². The lowest BCUT2D eigenvalue weighted by atomic mass is 9.78. The van der Waals surface area contributed by atoms with Gasteiger partial charge in [-0.15, -0.1) is 0 Å². The topological polar surface area (TPSA) is 62.1 Å². The Labute approximate surface area is 193 Å². The highest BCUT2D eigenvalue weighted by Crippen LogP contribution is 2.56. The summed E-state index contributed by atoms with van der Waals surface area (Å²) in [5.41, 5.74) is 10.6. The van der Waals surface area contributed by atoms with Crippen LogP contribution in [0.15, 0.2) is 64.2 Å². The molecule has 33 heavy (non-hydrogen) atoms. The molecule has 0 saturated heterocycles. The van der Waals surface area contributed by atoms with Crippen molar-refractivity contribution in [1.82, 2.24) is 0 Å². The lowest BCUT2D eigenvalue weighted by Gasteiger charge is -2.33. The van der Waals surface area contributed by atoms with Gasteiger partial charge in [0.05, 0.1) is 24.3 Å². The largest absolute Gasteiger partial charge is 0.396 e. The Hall–Kier alpha value is -3.28. The van der Waals surface area contributed by atoms with E-state index < -0.39 is 0 Å². The molecule has 6 rings (SSSR count). The van der Waals surface area contributed by atoms with Crippen molar-refractivity contribution in [2.75, 3.05) is 18.1 Å². The minimum absolute atomic E-state index is 0.0229. The van der Waals surface area contributed by atoms with Gasteiger partial charge in [-0.2, -0.15) is 0 Å². The van der Waals surface area contributed by atoms with E-state index in [0.29, 0.717) is 18.6 Å². The van der Waals surface area contributed by atoms with Crippen LogP contribution in [0.25, 0.3) is 17.2 Å². The van der Waals surface area contributed by atoms with Gasteiger partial charge in [-0.05, 0) is 60.2 Å². The minimum Gasteiger partial charge on any atom is -0.396 e. The quantitative estimate of drug-likeness (QED) is 0.726. The number of benzene rings is 2. The molecule has 166 valence electrons. The van der Waals surface area contributed by atoms with E-state index in [0.717, 1.165) is 56.8 Å². The van der Waals surface area contributed by atoms with Gasteiger partial charge >= 0.3 is 0 Å². The van der Waals surface area contributed by atoms with Crippen molar-refractivity contribution in [3.63, 3.8) is 0 Å². The van der Waals surface area contributed by atoms with Gasteiger partial charge in [-0.25, -0.2) is 4.99 Å². The standard InChI is InChI=1S/C28H26N2O3/c1-16(2)33-15-18-8-5-10-22-23(18)25-21-14-29-28(32)26(21)24-19-9-4-3-7-17(19)13-20(24)27(25)30(22)11-6-12-31/h3-5,7-10,13-14,16,27,31H,6,11-12,15H2,1-2H3. The van der Waals surface area contributed by atoms with Gasteiger partial charge in [0.2, 0.25) is 0 Å². The number of carbonyl (C=O) groups excluding carboxylic acids is 1. The molecule has 5 heteroatoms. The molecule has 0 saturated carbocycles. The predicted octanol–water partition coefficient (Wildman–Crippen LogP) is 4.41. The number of carbonyl (C=O) groups is 1. The summed E-state index contributed by atoms with van der Waals surface area (Å²) >= 11 is 0. The number of hydrogen-bond donors (Lipinski definition) is 1. The van der Waals surface area contributed by atoms with Crippen molar-refractivity contribution < 1.29 is 14.6 Å². The summed E-state index contributed by atoms with van der Waals surface area (Å²) in [4.78, 5) is 19.7. The maximum absolute atomic E-state index is 13.0. The third-order valence-electron chi connectivity index (χ3n) is 6.88. The van der Waals surface area contributed by atoms with E-state index in [4.69, 9.17) is 4.74 Å². The molecule has 1 unspecified atom stereocenters. The average molecular weight is 439 g/mol. The van der Waals surface area contributed by atoms with E-state index in [1.165, 1.54) is 0 Å². The number of aliphatic hydroxyl groups is 1. The molecule has 1 atom stereocenters. The zero-order chi connectivity index (χ0) is 22.7. The van der Waals surface area contributed by atoms with Gasteiger partial charge in [-0.3, -0.25) is 4.79 Å². The fourth-order valence-corrected chi connectivity index (χ4v) is 5.59. The highest BCUT2D eigenvalue weighted by Gasteiger charge is 2.47. The summed E-state index contributed by atoms with van der Waals surface area (Å²) in [6.07, 6.45) is 4.78. The molecule has 0 radical (unpaired) electrons. The Bertz CT molecular complexity index is 1310. The smallest absolute Gasteiger partial charge is 0.278 e. The van der Waals surface area contributed by atoms with Crippen LogP contribution in [0.1, 0.15) is 42.5 Å². The van der Waals surface area contributed by atoms with Gasteiger partial charge in [0.15, 0.2) is 0 Å². The Balaban J connectivity index is 1.62. The number of aliphatic hydroxyl groups excluding tert-OH is 1. The van der Waals surface area contributed by atoms with E-state index in [1.54, 1.807) is 6.21 Å². The number of hydrogen-bond acceptors (Lipinski definition) is 4. The number of aliphatic imine (C=N–C) groups is 1. The summed E-state index contributed by atoms with van der Waals surface area (Å²) in [7, 11) is 0. The van der Waals surface area contributed by atoms with Crippen molar-refractivity contribution in [3.8, 4) is 0 Å². The molecule has 0 bridgehead atoms. The number of amides is 1. The van der Waals surface area contributed by atoms with Gasteiger partial charge in [0.25, 0.3) is 5.91 Å². The maximum atomic E-state index is 13.0. The van der Waals surface area contributed by atoms with Crippen molar-refractivity contribution >= 4 is 35.0 Å². The number of fused-ring (bicyclic) bond motifs is 8. The Morgan fingerprint density at radius 1 is 1.12 bits per heavy atom. The van der Waals surface area contributed by atoms with Crippen LogP contribution in [0.2, 0.25) is 0 Å². The van der Waals surface area contributed by atoms with Crippen molar-refractivity contribution in [2.24, 2.45) is 4.99 Å². The molecule has 4 aliphatic rings. The molecule has 0 aromatic heterocycles. The first-order valence-corrected chi connectivity index (χ1v) is 11.6. The molecule has 0 spiro atoms. The second kappa shape index (κ2) is 7.65. The first kappa shape index (κ1) is 20.3. The molecule has 1 amide bonds. The number of ether oxygens (including phenoxy) is 1. The van der Waals surface area contributed by atoms with Gasteiger partial charge in [0.1, 0.15) is 0 Å². The lowest BCUT2D eigenvalue weighted by Crippen LogP contribution is -2.36. The highest BCUT2D eigenvalue weighted by molar-refractivity contribution is 6.29. The molecule has 1 N–H and O–H groups in total. The summed E-state index contributed by atoms with van der Waals surface area (Å²) in [5.74, 6) is -0.167. The Kier molecular flexibility index (Phi) is 4.71. The molecule has 0 fully saturated rings. The zero-order valence-electron chi connectivity index (χ0n) is 18.8. The first-order chi connectivity index (χ1) is 16.1. The predicted molar refractivity (Wildman–Crippen MR) is 131 cm³/mol. The van der Waals surface area contributed by atoms with Crippen LogP contribution < -0.4 is 4.90 Å². The molecule has 2 aliphatic carbocycles. The van der Waals surface area contributed by atoms with E-state index in [9.17, 15) is 9.90 Å². The van der Waals surface area contributed by atoms with Gasteiger partial charge in [-0.1, -0.05) is 36.4 Å². The van der Waals surface area contributed by atoms with Crippen LogP contribution in [0.3, 0.4) is 0 Å². The lowest BCUT2D eigenvalue weighted by molar-refractivity contribution is -0.113. The van der Waals surface area contributed by atoms with Crippen LogP contribution in [0.4, 0.5) is 5.69 Å². The van der Waals surface area contributed by atoms with Gasteiger partial charge < -0.3 is 14.7 Å². The van der Waals surface area contributed by atoms with E-state index in [2.05, 4.69) is 46.3 Å². The summed E-state index contributed by atoms with van der Waals surface area (Å²) in [5, 5.41) is 9.64. The number of nitrogens with zero attached hydrogens (tertiary/aromatic N) is 2. The monoisotopic (exact) mass is 438 g/mol. The Morgan fingerprint density at radius 2 is 1.97 bits per heavy atom. The van der Waals surface area contributed by atoms with Crippen LogP contribution in [0, 0.1) is 0 Å². The molecule has 5 nitrogen and oxygen atoms in total. The second-order valence-corrected chi connectivity index (χ2v) is 9.17. The summed E-state index contributed by atoms with van der Waals surface area (Å²) in [6.45, 7) is 5.44. The average Bonchev–Trinajstić information content (AvgIpc) is 3.47. The SMILES string of the molecule is CC(C)OCc1cccc2c1C1=C3C=NC(=O)C3=C3C(=Cc4ccccc43)C1N2CCCO. The number of rotatable bonds is 6. The second-order valence-electron chi connectivity index (χ2n) is 9.17. The van der Waals surface area contributed by atoms with Crippen molar-refractivity contribution in [1.29, 1.82) is 0 Å². The molecule has 2 aliphatic heterocycles. The fraction of sp³-hybridized carbons (Fsp3) is 0.286. The molecule has 2 aromatic rings. The van der Waals surface area contributed by atoms with Gasteiger partial charge in [0, 0.05) is 41.8 Å². The van der Waals surface area contributed by atoms with Crippen LogP contribution >= 0.6 is 0 Å². The van der Waals surface area contributed by atoms with E-state index >= 15 is 0 Å². The zero-order valence-corrected chi connectivity index (χ0v) is 18.8. The molecular weight excluding hydrogens is 412 g/mol. The molecule has 2 aromatic carbocycles. The van der Waals surface area contributed by atoms with Crippen LogP contribution in [-0.2, 0) is 16.1 Å². The third-order valence-corrected chi connectivity index (χ3v) is 6.88. The summed E-state index contributed by atoms with van der Waals surface area (Å²) in [6, 6.07) is 14.6. The van der Waals surface area contributed by atoms with E-state index in [-0.39, 0.29) is 24.7 Å². The van der Waals surface area contributed by atoms with Crippen LogP contribution in [0.5, 0.6) is 0 Å². The Morgan fingerprint density at radius 3 is 2.79 bits per heavy atom. The maximum Gasteiger partial charge on any atom is 0.278 e. The van der Waals surface area contributed by atoms with E-state index in [1.807, 2.05) is 26.0 Å².